The molecular formula is C10H9BrClNOS. The van der Waals surface area contributed by atoms with Gasteiger partial charge in [0.1, 0.15) is 0 Å². The first-order chi connectivity index (χ1) is 7.08. The minimum absolute atomic E-state index is 0.0953. The van der Waals surface area contributed by atoms with Crippen molar-refractivity contribution in [3.8, 4) is 0 Å². The third-order valence-electron chi connectivity index (χ3n) is 2.30. The second-order valence-corrected chi connectivity index (χ2v) is 5.48. The van der Waals surface area contributed by atoms with Gasteiger partial charge in [0.25, 0.3) is 0 Å². The van der Waals surface area contributed by atoms with Gasteiger partial charge in [-0.25, -0.2) is 0 Å². The second-order valence-electron chi connectivity index (χ2n) is 3.46. The van der Waals surface area contributed by atoms with E-state index in [1.807, 2.05) is 6.07 Å². The Morgan fingerprint density at radius 1 is 1.53 bits per heavy atom. The fourth-order valence-electron chi connectivity index (χ4n) is 1.61. The van der Waals surface area contributed by atoms with Crippen molar-refractivity contribution in [3.63, 3.8) is 0 Å². The van der Waals surface area contributed by atoms with Crippen LogP contribution in [0.3, 0.4) is 0 Å². The first-order valence-corrected chi connectivity index (χ1v) is 6.20. The molecule has 1 aliphatic rings. The van der Waals surface area contributed by atoms with Crippen molar-refractivity contribution in [2.45, 2.75) is 11.7 Å². The van der Waals surface area contributed by atoms with Crippen LogP contribution in [0.15, 0.2) is 22.7 Å². The fraction of sp³-hybridized carbons (Fsp3) is 0.300. The van der Waals surface area contributed by atoms with Crippen LogP contribution >= 0.6 is 40.2 Å². The Kier molecular flexibility index (Phi) is 3.28. The summed E-state index contributed by atoms with van der Waals surface area (Å²) in [5, 5.41) is 0.743. The highest BCUT2D eigenvalue weighted by molar-refractivity contribution is 9.10. The smallest absolute Gasteiger partial charge is 0.228 e. The molecule has 1 aliphatic heterocycles. The third-order valence-corrected chi connectivity index (χ3v) is 3.56. The van der Waals surface area contributed by atoms with Gasteiger partial charge in [-0.05, 0) is 34.1 Å². The zero-order valence-corrected chi connectivity index (χ0v) is 11.0. The molecule has 1 atom stereocenters. The van der Waals surface area contributed by atoms with E-state index < -0.39 is 0 Å². The molecule has 1 unspecified atom stereocenters. The SMILES string of the molecule is O=C1CC(S)CN1c1cc(Cl)ccc1Br. The average molecular weight is 307 g/mol. The number of halogens is 2. The molecule has 0 aliphatic carbocycles. The third kappa shape index (κ3) is 2.32. The summed E-state index contributed by atoms with van der Waals surface area (Å²) in [7, 11) is 0. The molecule has 1 heterocycles. The van der Waals surface area contributed by atoms with Crippen molar-refractivity contribution in [2.75, 3.05) is 11.4 Å². The molecule has 1 fully saturated rings. The average Bonchev–Trinajstić information content (AvgIpc) is 2.50. The van der Waals surface area contributed by atoms with Gasteiger partial charge < -0.3 is 4.90 Å². The van der Waals surface area contributed by atoms with Gasteiger partial charge >= 0.3 is 0 Å². The van der Waals surface area contributed by atoms with Gasteiger partial charge in [-0.1, -0.05) is 11.6 Å². The molecule has 0 bridgehead atoms. The second kappa shape index (κ2) is 4.36. The van der Waals surface area contributed by atoms with Gasteiger partial charge in [0.15, 0.2) is 0 Å². The Morgan fingerprint density at radius 3 is 2.87 bits per heavy atom. The van der Waals surface area contributed by atoms with Crippen LogP contribution < -0.4 is 4.90 Å². The molecule has 1 aromatic rings. The number of hydrogen-bond acceptors (Lipinski definition) is 2. The Bertz CT molecular complexity index is 412. The predicted molar refractivity (Wildman–Crippen MR) is 68.9 cm³/mol. The van der Waals surface area contributed by atoms with Gasteiger partial charge in [-0.2, -0.15) is 12.6 Å². The molecule has 2 rings (SSSR count). The Labute approximate surface area is 107 Å². The summed E-state index contributed by atoms with van der Waals surface area (Å²) in [4.78, 5) is 13.4. The van der Waals surface area contributed by atoms with Gasteiger partial charge in [0, 0.05) is 27.7 Å². The highest BCUT2D eigenvalue weighted by Crippen LogP contribution is 2.32. The molecule has 1 amide bonds. The molecular weight excluding hydrogens is 298 g/mol. The number of carbonyl (C=O) groups excluding carboxylic acids is 1. The molecule has 2 nitrogen and oxygen atoms in total. The van der Waals surface area contributed by atoms with E-state index in [4.69, 9.17) is 11.6 Å². The summed E-state index contributed by atoms with van der Waals surface area (Å²) in [6.07, 6.45) is 0.488. The van der Waals surface area contributed by atoms with Crippen molar-refractivity contribution in [1.82, 2.24) is 0 Å². The van der Waals surface area contributed by atoms with E-state index in [1.54, 1.807) is 17.0 Å². The Balaban J connectivity index is 2.37. The number of rotatable bonds is 1. The molecule has 0 spiro atoms. The van der Waals surface area contributed by atoms with Crippen LogP contribution in [-0.4, -0.2) is 17.7 Å². The van der Waals surface area contributed by atoms with E-state index >= 15 is 0 Å². The number of hydrogen-bond donors (Lipinski definition) is 1. The number of benzene rings is 1. The number of anilines is 1. The molecule has 0 radical (unpaired) electrons. The van der Waals surface area contributed by atoms with E-state index in [0.29, 0.717) is 18.0 Å². The number of thiol groups is 1. The van der Waals surface area contributed by atoms with Gasteiger partial charge in [0.2, 0.25) is 5.91 Å². The van der Waals surface area contributed by atoms with Crippen LogP contribution in [0.4, 0.5) is 5.69 Å². The van der Waals surface area contributed by atoms with E-state index in [9.17, 15) is 4.79 Å². The lowest BCUT2D eigenvalue weighted by molar-refractivity contribution is -0.117. The van der Waals surface area contributed by atoms with Gasteiger partial charge in [-0.3, -0.25) is 4.79 Å². The molecule has 0 aromatic heterocycles. The van der Waals surface area contributed by atoms with E-state index in [1.165, 1.54) is 0 Å². The van der Waals surface area contributed by atoms with E-state index in [2.05, 4.69) is 28.6 Å². The summed E-state index contributed by atoms with van der Waals surface area (Å²) in [6.45, 7) is 0.640. The summed E-state index contributed by atoms with van der Waals surface area (Å²) in [5.74, 6) is 0.0953. The topological polar surface area (TPSA) is 20.3 Å². The Hall–Kier alpha value is -0.190. The molecule has 80 valence electrons. The van der Waals surface area contributed by atoms with Crippen LogP contribution in [0.5, 0.6) is 0 Å². The Morgan fingerprint density at radius 2 is 2.27 bits per heavy atom. The first-order valence-electron chi connectivity index (χ1n) is 4.51. The molecule has 0 N–H and O–H groups in total. The molecule has 1 aromatic carbocycles. The lowest BCUT2D eigenvalue weighted by Crippen LogP contribution is -2.24. The normalized spacial score (nSPS) is 21.1. The summed E-state index contributed by atoms with van der Waals surface area (Å²) >= 11 is 13.6. The van der Waals surface area contributed by atoms with Gasteiger partial charge in [-0.15, -0.1) is 0 Å². The first kappa shape index (κ1) is 11.3. The zero-order chi connectivity index (χ0) is 11.0. The molecule has 15 heavy (non-hydrogen) atoms. The van der Waals surface area contributed by atoms with Crippen LogP contribution in [0, 0.1) is 0 Å². The van der Waals surface area contributed by atoms with Crippen molar-refractivity contribution >= 4 is 51.8 Å². The summed E-state index contributed by atoms with van der Waals surface area (Å²) in [6, 6.07) is 5.42. The highest BCUT2D eigenvalue weighted by atomic mass is 79.9. The standard InChI is InChI=1S/C10H9BrClNOS/c11-8-2-1-6(12)3-9(8)13-5-7(15)4-10(13)14/h1-3,7,15H,4-5H2. The van der Waals surface area contributed by atoms with E-state index in [0.717, 1.165) is 10.2 Å². The molecule has 0 saturated carbocycles. The lowest BCUT2D eigenvalue weighted by Gasteiger charge is -2.17. The van der Waals surface area contributed by atoms with Crippen LogP contribution in [-0.2, 0) is 4.79 Å². The minimum Gasteiger partial charge on any atom is -0.310 e. The lowest BCUT2D eigenvalue weighted by atomic mass is 10.3. The van der Waals surface area contributed by atoms with E-state index in [-0.39, 0.29) is 11.2 Å². The predicted octanol–water partition coefficient (Wildman–Crippen LogP) is 3.14. The quantitative estimate of drug-likeness (QED) is 0.790. The summed E-state index contributed by atoms with van der Waals surface area (Å²) < 4.78 is 0.877. The zero-order valence-electron chi connectivity index (χ0n) is 7.78. The molecule has 5 heteroatoms. The maximum absolute atomic E-state index is 11.7. The molecule has 1 saturated heterocycles. The van der Waals surface area contributed by atoms with Crippen LogP contribution in [0.2, 0.25) is 5.02 Å². The van der Waals surface area contributed by atoms with Crippen molar-refractivity contribution < 1.29 is 4.79 Å². The number of nitrogens with zero attached hydrogens (tertiary/aromatic N) is 1. The van der Waals surface area contributed by atoms with Gasteiger partial charge in [0.05, 0.1) is 5.69 Å². The highest BCUT2D eigenvalue weighted by Gasteiger charge is 2.29. The fourth-order valence-corrected chi connectivity index (χ4v) is 2.56. The number of amides is 1. The maximum atomic E-state index is 11.7. The summed E-state index contributed by atoms with van der Waals surface area (Å²) in [5.41, 5.74) is 0.823. The minimum atomic E-state index is 0.0953. The van der Waals surface area contributed by atoms with Crippen molar-refractivity contribution in [2.24, 2.45) is 0 Å². The maximum Gasteiger partial charge on any atom is 0.228 e. The van der Waals surface area contributed by atoms with Crippen molar-refractivity contribution in [3.05, 3.63) is 27.7 Å². The monoisotopic (exact) mass is 305 g/mol. The van der Waals surface area contributed by atoms with Crippen molar-refractivity contribution in [1.29, 1.82) is 0 Å². The number of carbonyl (C=O) groups is 1. The van der Waals surface area contributed by atoms with Crippen LogP contribution in [0.1, 0.15) is 6.42 Å². The largest absolute Gasteiger partial charge is 0.310 e. The van der Waals surface area contributed by atoms with Crippen LogP contribution in [0.25, 0.3) is 0 Å².